The summed E-state index contributed by atoms with van der Waals surface area (Å²) in [4.78, 5) is 33.5. The van der Waals surface area contributed by atoms with Crippen molar-refractivity contribution in [3.05, 3.63) is 52.5 Å². The van der Waals surface area contributed by atoms with E-state index in [1.807, 2.05) is 50.6 Å². The second kappa shape index (κ2) is 8.94. The van der Waals surface area contributed by atoms with Crippen molar-refractivity contribution in [1.29, 1.82) is 0 Å². The van der Waals surface area contributed by atoms with Crippen molar-refractivity contribution < 1.29 is 9.59 Å². The van der Waals surface area contributed by atoms with Crippen molar-refractivity contribution in [2.24, 2.45) is 0 Å². The molecular formula is C24H29N5O2S. The maximum absolute atomic E-state index is 13.2. The van der Waals surface area contributed by atoms with Gasteiger partial charge in [0, 0.05) is 44.7 Å². The molecule has 2 saturated heterocycles. The number of aromatic nitrogens is 2. The zero-order valence-electron chi connectivity index (χ0n) is 18.5. The van der Waals surface area contributed by atoms with E-state index in [1.165, 1.54) is 23.3 Å². The van der Waals surface area contributed by atoms with Gasteiger partial charge in [-0.25, -0.2) is 4.79 Å². The third-order valence-corrected chi connectivity index (χ3v) is 7.59. The number of aryl methyl sites for hydroxylation is 1. The standard InChI is InChI=1S/C24H29N5O2S/c1-18-20-16-21(32-23(20)29(25-18)17-19-8-4-2-5-9-19)22(30)26-12-14-28(15-13-26)24(31)27-10-6-3-7-11-27/h2,4-5,8-9,16H,3,6-7,10-15,17H2,1H3. The Morgan fingerprint density at radius 1 is 0.906 bits per heavy atom. The van der Waals surface area contributed by atoms with Gasteiger partial charge in [0.05, 0.1) is 17.1 Å². The number of piperazine rings is 1. The Hall–Kier alpha value is -2.87. The van der Waals surface area contributed by atoms with E-state index in [1.54, 1.807) is 0 Å². The van der Waals surface area contributed by atoms with Crippen LogP contribution in [0.1, 0.15) is 40.2 Å². The molecule has 2 aliphatic rings. The molecule has 168 valence electrons. The van der Waals surface area contributed by atoms with Crippen LogP contribution in [0.5, 0.6) is 0 Å². The van der Waals surface area contributed by atoms with E-state index in [0.717, 1.165) is 46.7 Å². The highest BCUT2D eigenvalue weighted by atomic mass is 32.1. The first kappa shape index (κ1) is 21.0. The van der Waals surface area contributed by atoms with Gasteiger partial charge in [0.2, 0.25) is 0 Å². The quantitative estimate of drug-likeness (QED) is 0.608. The molecule has 7 nitrogen and oxygen atoms in total. The van der Waals surface area contributed by atoms with E-state index in [-0.39, 0.29) is 11.9 Å². The first-order valence-electron chi connectivity index (χ1n) is 11.4. The lowest BCUT2D eigenvalue weighted by Crippen LogP contribution is -2.54. The Morgan fingerprint density at radius 3 is 2.28 bits per heavy atom. The van der Waals surface area contributed by atoms with Crippen LogP contribution in [-0.2, 0) is 6.54 Å². The first-order chi connectivity index (χ1) is 15.6. The zero-order chi connectivity index (χ0) is 22.1. The van der Waals surface area contributed by atoms with Gasteiger partial charge in [-0.1, -0.05) is 30.3 Å². The largest absolute Gasteiger partial charge is 0.334 e. The minimum atomic E-state index is 0.0573. The Kier molecular flexibility index (Phi) is 5.87. The molecule has 0 N–H and O–H groups in total. The van der Waals surface area contributed by atoms with Crippen LogP contribution < -0.4 is 0 Å². The molecule has 0 unspecified atom stereocenters. The highest BCUT2D eigenvalue weighted by Crippen LogP contribution is 2.30. The van der Waals surface area contributed by atoms with Crippen LogP contribution in [0.4, 0.5) is 4.79 Å². The number of carbonyl (C=O) groups is 2. The van der Waals surface area contributed by atoms with Gasteiger partial charge in [-0.15, -0.1) is 11.3 Å². The van der Waals surface area contributed by atoms with Crippen LogP contribution in [-0.4, -0.2) is 75.7 Å². The highest BCUT2D eigenvalue weighted by molar-refractivity contribution is 7.20. The number of hydrogen-bond acceptors (Lipinski definition) is 4. The van der Waals surface area contributed by atoms with Gasteiger partial charge in [0.15, 0.2) is 0 Å². The molecule has 32 heavy (non-hydrogen) atoms. The summed E-state index contributed by atoms with van der Waals surface area (Å²) in [7, 11) is 0. The van der Waals surface area contributed by atoms with Crippen LogP contribution in [0, 0.1) is 6.92 Å². The summed E-state index contributed by atoms with van der Waals surface area (Å²) in [6.45, 7) is 6.79. The second-order valence-electron chi connectivity index (χ2n) is 8.67. The predicted molar refractivity (Wildman–Crippen MR) is 126 cm³/mol. The maximum atomic E-state index is 13.2. The lowest BCUT2D eigenvalue weighted by molar-refractivity contribution is 0.0637. The molecule has 0 saturated carbocycles. The molecule has 2 fully saturated rings. The summed E-state index contributed by atoms with van der Waals surface area (Å²) < 4.78 is 2.00. The van der Waals surface area contributed by atoms with E-state index in [9.17, 15) is 9.59 Å². The van der Waals surface area contributed by atoms with Gasteiger partial charge >= 0.3 is 6.03 Å². The third kappa shape index (κ3) is 4.11. The van der Waals surface area contributed by atoms with Crippen LogP contribution in [0.25, 0.3) is 10.2 Å². The minimum Gasteiger partial charge on any atom is -0.334 e. The van der Waals surface area contributed by atoms with Gasteiger partial charge in [0.1, 0.15) is 4.83 Å². The van der Waals surface area contributed by atoms with Gasteiger partial charge in [0.25, 0.3) is 5.91 Å². The fourth-order valence-electron chi connectivity index (χ4n) is 4.62. The van der Waals surface area contributed by atoms with E-state index in [2.05, 4.69) is 17.2 Å². The molecule has 5 rings (SSSR count). The fraction of sp³-hybridized carbons (Fsp3) is 0.458. The number of thiophene rings is 1. The van der Waals surface area contributed by atoms with Crippen molar-refractivity contribution >= 4 is 33.5 Å². The fourth-order valence-corrected chi connectivity index (χ4v) is 5.75. The van der Waals surface area contributed by atoms with E-state index >= 15 is 0 Å². The van der Waals surface area contributed by atoms with Gasteiger partial charge in [-0.05, 0) is 37.8 Å². The van der Waals surface area contributed by atoms with Crippen molar-refractivity contribution in [3.8, 4) is 0 Å². The van der Waals surface area contributed by atoms with Gasteiger partial charge < -0.3 is 14.7 Å². The van der Waals surface area contributed by atoms with E-state index in [4.69, 9.17) is 0 Å². The molecule has 2 aromatic heterocycles. The summed E-state index contributed by atoms with van der Waals surface area (Å²) in [5.74, 6) is 0.0573. The van der Waals surface area contributed by atoms with Gasteiger partial charge in [-0.2, -0.15) is 5.10 Å². The molecule has 8 heteroatoms. The maximum Gasteiger partial charge on any atom is 0.320 e. The number of rotatable bonds is 3. The number of piperidine rings is 1. The summed E-state index contributed by atoms with van der Waals surface area (Å²) in [6.07, 6.45) is 3.40. The topological polar surface area (TPSA) is 61.7 Å². The van der Waals surface area contributed by atoms with Crippen LogP contribution in [0.15, 0.2) is 36.4 Å². The molecule has 0 spiro atoms. The molecule has 2 aliphatic heterocycles. The highest BCUT2D eigenvalue weighted by Gasteiger charge is 2.29. The number of nitrogens with zero attached hydrogens (tertiary/aromatic N) is 5. The summed E-state index contributed by atoms with van der Waals surface area (Å²) in [5, 5.41) is 5.73. The lowest BCUT2D eigenvalue weighted by Gasteiger charge is -2.38. The van der Waals surface area contributed by atoms with Crippen LogP contribution in [0.2, 0.25) is 0 Å². The van der Waals surface area contributed by atoms with E-state index in [0.29, 0.717) is 32.7 Å². The predicted octanol–water partition coefficient (Wildman–Crippen LogP) is 3.82. The normalized spacial score (nSPS) is 17.2. The smallest absolute Gasteiger partial charge is 0.320 e. The number of hydrogen-bond donors (Lipinski definition) is 0. The SMILES string of the molecule is Cc1nn(Cc2ccccc2)c2sc(C(=O)N3CCN(C(=O)N4CCCCC4)CC3)cc12. The minimum absolute atomic E-state index is 0.0573. The number of likely N-dealkylation sites (tertiary alicyclic amines) is 1. The monoisotopic (exact) mass is 451 g/mol. The molecule has 0 bridgehead atoms. The Labute approximate surface area is 192 Å². The van der Waals surface area contributed by atoms with Crippen LogP contribution in [0.3, 0.4) is 0 Å². The lowest BCUT2D eigenvalue weighted by atomic mass is 10.1. The number of benzene rings is 1. The number of fused-ring (bicyclic) bond motifs is 1. The number of amides is 3. The molecule has 1 aromatic carbocycles. The van der Waals surface area contributed by atoms with Crippen molar-refractivity contribution in [2.45, 2.75) is 32.7 Å². The molecule has 3 aromatic rings. The molecule has 0 aliphatic carbocycles. The number of carbonyl (C=O) groups excluding carboxylic acids is 2. The molecule has 0 atom stereocenters. The Morgan fingerprint density at radius 2 is 1.56 bits per heavy atom. The molecule has 3 amide bonds. The second-order valence-corrected chi connectivity index (χ2v) is 9.70. The summed E-state index contributed by atoms with van der Waals surface area (Å²) in [5.41, 5.74) is 2.14. The summed E-state index contributed by atoms with van der Waals surface area (Å²) in [6, 6.07) is 12.4. The van der Waals surface area contributed by atoms with Crippen molar-refractivity contribution in [3.63, 3.8) is 0 Å². The van der Waals surface area contributed by atoms with Gasteiger partial charge in [-0.3, -0.25) is 9.48 Å². The van der Waals surface area contributed by atoms with Crippen LogP contribution >= 0.6 is 11.3 Å². The molecule has 0 radical (unpaired) electrons. The molecular weight excluding hydrogens is 422 g/mol. The first-order valence-corrected chi connectivity index (χ1v) is 12.3. The average Bonchev–Trinajstić information content (AvgIpc) is 3.40. The Bertz CT molecular complexity index is 1110. The van der Waals surface area contributed by atoms with E-state index < -0.39 is 0 Å². The zero-order valence-corrected chi connectivity index (χ0v) is 19.3. The summed E-state index contributed by atoms with van der Waals surface area (Å²) >= 11 is 1.52. The van der Waals surface area contributed by atoms with Crippen molar-refractivity contribution in [2.75, 3.05) is 39.3 Å². The number of urea groups is 1. The third-order valence-electron chi connectivity index (χ3n) is 6.46. The molecule has 4 heterocycles. The average molecular weight is 452 g/mol. The van der Waals surface area contributed by atoms with Crippen molar-refractivity contribution in [1.82, 2.24) is 24.5 Å². The Balaban J connectivity index is 1.26.